The van der Waals surface area contributed by atoms with Crippen LogP contribution in [0.5, 0.6) is 5.75 Å². The molecule has 0 amide bonds. The third-order valence-corrected chi connectivity index (χ3v) is 5.32. The minimum Gasteiger partial charge on any atom is -0.457 e. The minimum atomic E-state index is -0.339. The number of allylic oxidation sites excluding steroid dienone is 1. The molecule has 1 aromatic carbocycles. The minimum absolute atomic E-state index is 0.267. The molecule has 4 nitrogen and oxygen atoms in total. The van der Waals surface area contributed by atoms with Crippen molar-refractivity contribution in [3.63, 3.8) is 0 Å². The van der Waals surface area contributed by atoms with Gasteiger partial charge in [0.1, 0.15) is 5.76 Å². The lowest BCUT2D eigenvalue weighted by Gasteiger charge is -2.36. The van der Waals surface area contributed by atoms with Gasteiger partial charge >= 0.3 is 0 Å². The maximum atomic E-state index is 13.8. The average Bonchev–Trinajstić information content (AvgIpc) is 2.82. The van der Waals surface area contributed by atoms with Crippen LogP contribution >= 0.6 is 0 Å². The third kappa shape index (κ3) is 3.82. The van der Waals surface area contributed by atoms with Gasteiger partial charge in [0.05, 0.1) is 18.4 Å². The Morgan fingerprint density at radius 3 is 2.76 bits per heavy atom. The summed E-state index contributed by atoms with van der Waals surface area (Å²) in [6.07, 6.45) is 10.5. The fraction of sp³-hybridized carbons (Fsp3) is 0.500. The van der Waals surface area contributed by atoms with Crippen molar-refractivity contribution < 1.29 is 9.13 Å². The van der Waals surface area contributed by atoms with Gasteiger partial charge in [0.2, 0.25) is 0 Å². The molecule has 1 saturated heterocycles. The number of hydrogen-bond acceptors (Lipinski definition) is 4. The Hall–Kier alpha value is -2.01. The molecule has 4 rings (SSSR count). The highest BCUT2D eigenvalue weighted by molar-refractivity contribution is 5.29. The first kappa shape index (κ1) is 16.5. The molecule has 2 heterocycles. The molecule has 0 atom stereocenters. The number of nitrogens with zero attached hydrogens (tertiary/aromatic N) is 2. The Bertz CT molecular complexity index is 669. The Morgan fingerprint density at radius 2 is 1.96 bits per heavy atom. The van der Waals surface area contributed by atoms with E-state index in [0.29, 0.717) is 6.54 Å². The maximum absolute atomic E-state index is 13.8. The highest BCUT2D eigenvalue weighted by atomic mass is 19.1. The summed E-state index contributed by atoms with van der Waals surface area (Å²) in [7, 11) is 0. The molecule has 0 spiro atoms. The van der Waals surface area contributed by atoms with Gasteiger partial charge in [0, 0.05) is 38.3 Å². The molecule has 0 bridgehead atoms. The van der Waals surface area contributed by atoms with Crippen LogP contribution in [-0.4, -0.2) is 48.6 Å². The molecule has 5 heteroatoms. The van der Waals surface area contributed by atoms with Gasteiger partial charge < -0.3 is 15.0 Å². The standard InChI is InChI=1S/C20H25FN3O/c21-19-7-1-2-8-20(19)25-18-13-17(14-22-15-18)24-10-4-9-23(11-12-24)16-5-3-6-16/h1-2,7-8,13,16,22H,3-6,9-12,15H2. The van der Waals surface area contributed by atoms with Crippen molar-refractivity contribution in [2.75, 3.05) is 32.7 Å². The van der Waals surface area contributed by atoms with Crippen molar-refractivity contribution in [2.24, 2.45) is 0 Å². The Morgan fingerprint density at radius 1 is 1.08 bits per heavy atom. The van der Waals surface area contributed by atoms with Crippen LogP contribution in [0.15, 0.2) is 41.8 Å². The van der Waals surface area contributed by atoms with Crippen molar-refractivity contribution in [3.05, 3.63) is 53.8 Å². The lowest BCUT2D eigenvalue weighted by molar-refractivity contribution is 0.133. The van der Waals surface area contributed by atoms with Crippen LogP contribution in [0, 0.1) is 12.0 Å². The molecule has 25 heavy (non-hydrogen) atoms. The summed E-state index contributed by atoms with van der Waals surface area (Å²) in [6.45, 7) is 4.85. The van der Waals surface area contributed by atoms with Gasteiger partial charge in [-0.25, -0.2) is 4.39 Å². The van der Waals surface area contributed by atoms with Crippen LogP contribution in [0.3, 0.4) is 0 Å². The van der Waals surface area contributed by atoms with Gasteiger partial charge in [-0.1, -0.05) is 18.6 Å². The monoisotopic (exact) mass is 342 g/mol. The van der Waals surface area contributed by atoms with Crippen LogP contribution in [0.2, 0.25) is 0 Å². The number of nitrogens with one attached hydrogen (secondary N) is 1. The predicted molar refractivity (Wildman–Crippen MR) is 95.3 cm³/mol. The molecule has 0 aromatic heterocycles. The lowest BCUT2D eigenvalue weighted by atomic mass is 9.91. The second-order valence-corrected chi connectivity index (χ2v) is 6.97. The fourth-order valence-electron chi connectivity index (χ4n) is 3.66. The zero-order chi connectivity index (χ0) is 17.1. The van der Waals surface area contributed by atoms with Gasteiger partial charge in [-0.2, -0.15) is 0 Å². The molecule has 1 aromatic rings. The maximum Gasteiger partial charge on any atom is 0.165 e. The number of halogens is 1. The molecule has 1 saturated carbocycles. The molecular formula is C20H25FN3O. The first-order valence-corrected chi connectivity index (χ1v) is 9.27. The summed E-state index contributed by atoms with van der Waals surface area (Å²) in [6, 6.07) is 7.32. The fourth-order valence-corrected chi connectivity index (χ4v) is 3.66. The molecule has 1 N–H and O–H groups in total. The van der Waals surface area contributed by atoms with E-state index in [2.05, 4.69) is 21.3 Å². The molecule has 1 aliphatic carbocycles. The second kappa shape index (κ2) is 7.48. The van der Waals surface area contributed by atoms with E-state index >= 15 is 0 Å². The summed E-state index contributed by atoms with van der Waals surface area (Å²) in [5.74, 6) is 0.650. The Kier molecular flexibility index (Phi) is 4.92. The third-order valence-electron chi connectivity index (χ3n) is 5.32. The van der Waals surface area contributed by atoms with Gasteiger partial charge in [-0.05, 0) is 31.4 Å². The lowest BCUT2D eigenvalue weighted by Crippen LogP contribution is -2.42. The first-order valence-electron chi connectivity index (χ1n) is 9.27. The molecule has 3 aliphatic rings. The summed E-state index contributed by atoms with van der Waals surface area (Å²) in [5.41, 5.74) is 1.01. The van der Waals surface area contributed by atoms with Crippen molar-refractivity contribution in [3.8, 4) is 5.75 Å². The van der Waals surface area contributed by atoms with E-state index in [1.807, 2.05) is 6.08 Å². The van der Waals surface area contributed by atoms with Gasteiger partial charge in [0.15, 0.2) is 11.6 Å². The summed E-state index contributed by atoms with van der Waals surface area (Å²) in [4.78, 5) is 5.00. The van der Waals surface area contributed by atoms with E-state index < -0.39 is 0 Å². The largest absolute Gasteiger partial charge is 0.457 e. The SMILES string of the molecule is Fc1ccccc1OC1=CC(N2CCCN(C3CCC3)CC2)=[C]NC1. The van der Waals surface area contributed by atoms with E-state index in [1.54, 1.807) is 18.2 Å². The normalized spacial score (nSPS) is 22.4. The second-order valence-electron chi connectivity index (χ2n) is 6.97. The van der Waals surface area contributed by atoms with Crippen LogP contribution in [0.25, 0.3) is 0 Å². The highest BCUT2D eigenvalue weighted by Gasteiger charge is 2.27. The number of benzene rings is 1. The van der Waals surface area contributed by atoms with E-state index in [9.17, 15) is 4.39 Å². The van der Waals surface area contributed by atoms with E-state index in [1.165, 1.54) is 38.3 Å². The number of hydrogen-bond donors (Lipinski definition) is 1. The number of dihydropyridines is 1. The van der Waals surface area contributed by atoms with Crippen LogP contribution in [0.1, 0.15) is 25.7 Å². The summed E-state index contributed by atoms with van der Waals surface area (Å²) < 4.78 is 19.5. The van der Waals surface area contributed by atoms with Crippen LogP contribution in [0.4, 0.5) is 4.39 Å². The van der Waals surface area contributed by atoms with Crippen molar-refractivity contribution in [2.45, 2.75) is 31.7 Å². The predicted octanol–water partition coefficient (Wildman–Crippen LogP) is 2.90. The molecule has 133 valence electrons. The van der Waals surface area contributed by atoms with E-state index in [0.717, 1.165) is 37.1 Å². The van der Waals surface area contributed by atoms with E-state index in [4.69, 9.17) is 4.74 Å². The van der Waals surface area contributed by atoms with E-state index in [-0.39, 0.29) is 11.6 Å². The molecule has 2 fully saturated rings. The summed E-state index contributed by atoms with van der Waals surface area (Å²) in [5, 5.41) is 3.14. The number of para-hydroxylation sites is 1. The Balaban J connectivity index is 1.40. The summed E-state index contributed by atoms with van der Waals surface area (Å²) >= 11 is 0. The highest BCUT2D eigenvalue weighted by Crippen LogP contribution is 2.26. The first-order chi connectivity index (χ1) is 12.3. The average molecular weight is 342 g/mol. The van der Waals surface area contributed by atoms with Crippen LogP contribution < -0.4 is 10.1 Å². The van der Waals surface area contributed by atoms with Crippen LogP contribution in [-0.2, 0) is 0 Å². The quantitative estimate of drug-likeness (QED) is 0.911. The smallest absolute Gasteiger partial charge is 0.165 e. The van der Waals surface area contributed by atoms with Gasteiger partial charge in [0.25, 0.3) is 0 Å². The molecule has 1 radical (unpaired) electrons. The van der Waals surface area contributed by atoms with Gasteiger partial charge in [-0.3, -0.25) is 4.90 Å². The Labute approximate surface area is 148 Å². The molecule has 2 aliphatic heterocycles. The zero-order valence-electron chi connectivity index (χ0n) is 14.5. The zero-order valence-corrected chi connectivity index (χ0v) is 14.5. The number of rotatable bonds is 4. The molecule has 0 unspecified atom stereocenters. The van der Waals surface area contributed by atoms with Crippen molar-refractivity contribution in [1.82, 2.24) is 15.1 Å². The topological polar surface area (TPSA) is 27.7 Å². The van der Waals surface area contributed by atoms with Crippen molar-refractivity contribution in [1.29, 1.82) is 0 Å². The van der Waals surface area contributed by atoms with Crippen molar-refractivity contribution >= 4 is 0 Å². The number of ether oxygens (including phenoxy) is 1. The van der Waals surface area contributed by atoms with Gasteiger partial charge in [-0.15, -0.1) is 0 Å². The molecular weight excluding hydrogens is 317 g/mol.